The average molecular weight is 377 g/mol. The number of sulfonamides is 1. The molecule has 140 valence electrons. The molecule has 26 heavy (non-hydrogen) atoms. The van der Waals surface area contributed by atoms with E-state index >= 15 is 0 Å². The minimum atomic E-state index is -3.66. The molecule has 0 bridgehead atoms. The third-order valence-electron chi connectivity index (χ3n) is 3.30. The largest absolute Gasteiger partial charge is 0.492 e. The van der Waals surface area contributed by atoms with E-state index in [9.17, 15) is 13.2 Å². The van der Waals surface area contributed by atoms with Crippen LogP contribution in [0.2, 0.25) is 0 Å². The van der Waals surface area contributed by atoms with Gasteiger partial charge in [0.2, 0.25) is 10.0 Å². The summed E-state index contributed by atoms with van der Waals surface area (Å²) in [5.74, 6) is 0.253. The first-order valence-electron chi connectivity index (χ1n) is 8.18. The summed E-state index contributed by atoms with van der Waals surface area (Å²) in [6.07, 6.45) is 0. The number of hydrogen-bond acceptors (Lipinski definition) is 5. The molecule has 2 rings (SSSR count). The van der Waals surface area contributed by atoms with Crippen molar-refractivity contribution in [3.63, 3.8) is 0 Å². The van der Waals surface area contributed by atoms with Crippen LogP contribution in [0.4, 0.5) is 5.69 Å². The van der Waals surface area contributed by atoms with Crippen molar-refractivity contribution < 1.29 is 17.9 Å². The molecule has 0 aliphatic rings. The summed E-state index contributed by atoms with van der Waals surface area (Å²) in [5.41, 5.74) is 6.20. The van der Waals surface area contributed by atoms with Gasteiger partial charge >= 0.3 is 0 Å². The standard InChI is InChI=1S/C18H23N3O4S/c1-13(2)21-26(23,24)17-5-3-4-14(12-17)18(22)20-15-6-8-16(9-7-15)25-11-10-19/h3-9,12-13,21H,10-11,19H2,1-2H3,(H,20,22). The molecule has 0 aliphatic heterocycles. The normalized spacial score (nSPS) is 11.4. The highest BCUT2D eigenvalue weighted by Gasteiger charge is 2.17. The fraction of sp³-hybridized carbons (Fsp3) is 0.278. The molecule has 4 N–H and O–H groups in total. The number of amides is 1. The van der Waals surface area contributed by atoms with Crippen molar-refractivity contribution in [2.75, 3.05) is 18.5 Å². The van der Waals surface area contributed by atoms with Crippen molar-refractivity contribution in [2.45, 2.75) is 24.8 Å². The molecule has 0 heterocycles. The molecule has 7 nitrogen and oxygen atoms in total. The van der Waals surface area contributed by atoms with Crippen LogP contribution in [0.3, 0.4) is 0 Å². The third-order valence-corrected chi connectivity index (χ3v) is 4.95. The first-order valence-corrected chi connectivity index (χ1v) is 9.67. The van der Waals surface area contributed by atoms with Gasteiger partial charge in [0.1, 0.15) is 12.4 Å². The van der Waals surface area contributed by atoms with Gasteiger partial charge in [-0.3, -0.25) is 4.79 Å². The van der Waals surface area contributed by atoms with E-state index in [-0.39, 0.29) is 16.5 Å². The molecule has 2 aromatic rings. The Bertz CT molecular complexity index is 849. The van der Waals surface area contributed by atoms with E-state index in [1.807, 2.05) is 0 Å². The molecule has 0 spiro atoms. The zero-order chi connectivity index (χ0) is 19.2. The van der Waals surface area contributed by atoms with Gasteiger partial charge in [-0.2, -0.15) is 0 Å². The second-order valence-corrected chi connectivity index (χ2v) is 7.63. The average Bonchev–Trinajstić information content (AvgIpc) is 2.60. The predicted molar refractivity (Wildman–Crippen MR) is 101 cm³/mol. The lowest BCUT2D eigenvalue weighted by atomic mass is 10.2. The summed E-state index contributed by atoms with van der Waals surface area (Å²) in [5, 5.41) is 2.73. The van der Waals surface area contributed by atoms with Gasteiger partial charge < -0.3 is 15.8 Å². The summed E-state index contributed by atoms with van der Waals surface area (Å²) < 4.78 is 32.3. The zero-order valence-electron chi connectivity index (χ0n) is 14.7. The van der Waals surface area contributed by atoms with Crippen molar-refractivity contribution in [1.29, 1.82) is 0 Å². The summed E-state index contributed by atoms with van der Waals surface area (Å²) >= 11 is 0. The van der Waals surface area contributed by atoms with Crippen LogP contribution in [0.5, 0.6) is 5.75 Å². The van der Waals surface area contributed by atoms with Crippen LogP contribution >= 0.6 is 0 Å². The second-order valence-electron chi connectivity index (χ2n) is 5.92. The molecule has 2 aromatic carbocycles. The fourth-order valence-corrected chi connectivity index (χ4v) is 3.49. The lowest BCUT2D eigenvalue weighted by molar-refractivity contribution is 0.102. The molecular formula is C18H23N3O4S. The van der Waals surface area contributed by atoms with Crippen LogP contribution in [0.1, 0.15) is 24.2 Å². The topological polar surface area (TPSA) is 111 Å². The number of hydrogen-bond donors (Lipinski definition) is 3. The summed E-state index contributed by atoms with van der Waals surface area (Å²) in [6.45, 7) is 4.30. The Balaban J connectivity index is 2.11. The van der Waals surface area contributed by atoms with Crippen LogP contribution in [0.25, 0.3) is 0 Å². The van der Waals surface area contributed by atoms with E-state index in [4.69, 9.17) is 10.5 Å². The van der Waals surface area contributed by atoms with E-state index in [0.717, 1.165) is 0 Å². The molecule has 0 radical (unpaired) electrons. The molecule has 0 atom stereocenters. The maximum absolute atomic E-state index is 12.4. The van der Waals surface area contributed by atoms with Gasteiger partial charge in [-0.25, -0.2) is 13.1 Å². The molecule has 0 fully saturated rings. The van der Waals surface area contributed by atoms with E-state index in [2.05, 4.69) is 10.0 Å². The van der Waals surface area contributed by atoms with Gasteiger partial charge in [-0.05, 0) is 56.3 Å². The van der Waals surface area contributed by atoms with Gasteiger partial charge in [-0.1, -0.05) is 6.07 Å². The van der Waals surface area contributed by atoms with Crippen molar-refractivity contribution in [1.82, 2.24) is 4.72 Å². The van der Waals surface area contributed by atoms with Gasteiger partial charge in [0, 0.05) is 23.8 Å². The predicted octanol–water partition coefficient (Wildman–Crippen LogP) is 1.96. The summed E-state index contributed by atoms with van der Waals surface area (Å²) in [4.78, 5) is 12.4. The first-order chi connectivity index (χ1) is 12.3. The molecule has 0 aromatic heterocycles. The van der Waals surface area contributed by atoms with Crippen LogP contribution in [0, 0.1) is 0 Å². The van der Waals surface area contributed by atoms with Gasteiger partial charge in [0.25, 0.3) is 5.91 Å². The Kier molecular flexibility index (Phi) is 6.73. The minimum absolute atomic E-state index is 0.0457. The number of benzene rings is 2. The molecule has 1 amide bonds. The molecule has 0 unspecified atom stereocenters. The van der Waals surface area contributed by atoms with E-state index in [0.29, 0.717) is 24.6 Å². The lowest BCUT2D eigenvalue weighted by Crippen LogP contribution is -2.30. The Morgan fingerprint density at radius 2 is 1.85 bits per heavy atom. The molecule has 0 aliphatic carbocycles. The Labute approximate surface area is 153 Å². The van der Waals surface area contributed by atoms with E-state index in [1.54, 1.807) is 44.2 Å². The molecule has 0 saturated heterocycles. The number of anilines is 1. The Hall–Kier alpha value is -2.42. The second kappa shape index (κ2) is 8.79. The lowest BCUT2D eigenvalue weighted by Gasteiger charge is -2.11. The Morgan fingerprint density at radius 1 is 1.15 bits per heavy atom. The van der Waals surface area contributed by atoms with Crippen LogP contribution in [0.15, 0.2) is 53.4 Å². The van der Waals surface area contributed by atoms with Crippen molar-refractivity contribution in [3.8, 4) is 5.75 Å². The SMILES string of the molecule is CC(C)NS(=O)(=O)c1cccc(C(=O)Nc2ccc(OCCN)cc2)c1. The zero-order valence-corrected chi connectivity index (χ0v) is 15.5. The highest BCUT2D eigenvalue weighted by Crippen LogP contribution is 2.17. The molecule has 0 saturated carbocycles. The summed E-state index contributed by atoms with van der Waals surface area (Å²) in [7, 11) is -3.66. The number of carbonyl (C=O) groups excluding carboxylic acids is 1. The van der Waals surface area contributed by atoms with Gasteiger partial charge in [0.15, 0.2) is 0 Å². The van der Waals surface area contributed by atoms with Gasteiger partial charge in [0.05, 0.1) is 4.90 Å². The highest BCUT2D eigenvalue weighted by atomic mass is 32.2. The van der Waals surface area contributed by atoms with Crippen LogP contribution < -0.4 is 20.5 Å². The van der Waals surface area contributed by atoms with E-state index in [1.165, 1.54) is 18.2 Å². The maximum atomic E-state index is 12.4. The number of nitrogens with two attached hydrogens (primary N) is 1. The minimum Gasteiger partial charge on any atom is -0.492 e. The van der Waals surface area contributed by atoms with Crippen molar-refractivity contribution in [3.05, 3.63) is 54.1 Å². The smallest absolute Gasteiger partial charge is 0.255 e. The van der Waals surface area contributed by atoms with Crippen LogP contribution in [-0.4, -0.2) is 33.5 Å². The molecular weight excluding hydrogens is 354 g/mol. The third kappa shape index (κ3) is 5.55. The van der Waals surface area contributed by atoms with E-state index < -0.39 is 15.9 Å². The monoisotopic (exact) mass is 377 g/mol. The number of ether oxygens (including phenoxy) is 1. The maximum Gasteiger partial charge on any atom is 0.255 e. The van der Waals surface area contributed by atoms with Gasteiger partial charge in [-0.15, -0.1) is 0 Å². The first kappa shape index (κ1) is 19.9. The van der Waals surface area contributed by atoms with Crippen LogP contribution in [-0.2, 0) is 10.0 Å². The van der Waals surface area contributed by atoms with Crippen molar-refractivity contribution in [2.24, 2.45) is 5.73 Å². The molecule has 8 heteroatoms. The van der Waals surface area contributed by atoms with Crippen molar-refractivity contribution >= 4 is 21.6 Å². The Morgan fingerprint density at radius 3 is 2.46 bits per heavy atom. The quantitative estimate of drug-likeness (QED) is 0.651. The number of carbonyl (C=O) groups is 1. The number of nitrogens with one attached hydrogen (secondary N) is 2. The number of rotatable bonds is 8. The highest BCUT2D eigenvalue weighted by molar-refractivity contribution is 7.89. The fourth-order valence-electron chi connectivity index (χ4n) is 2.20. The summed E-state index contributed by atoms with van der Waals surface area (Å²) in [6, 6.07) is 12.5.